The van der Waals surface area contributed by atoms with Crippen LogP contribution < -0.4 is 10.5 Å². The number of sulfonamides is 1. The standard InChI is InChI=1S/C13H20N2O3S/c1-18-13-6-12(7-13)15-19(16,17)9-11-4-2-10(8-14)3-5-11/h2-5,12-13,15H,6-9,14H2,1H3. The highest BCUT2D eigenvalue weighted by Crippen LogP contribution is 2.23. The third kappa shape index (κ3) is 4.01. The van der Waals surface area contributed by atoms with Gasteiger partial charge in [0.25, 0.3) is 0 Å². The quantitative estimate of drug-likeness (QED) is 0.807. The van der Waals surface area contributed by atoms with Crippen LogP contribution in [0.1, 0.15) is 24.0 Å². The molecule has 1 saturated carbocycles. The molecule has 0 amide bonds. The van der Waals surface area contributed by atoms with E-state index in [0.717, 1.165) is 24.0 Å². The fourth-order valence-electron chi connectivity index (χ4n) is 2.14. The number of benzene rings is 1. The monoisotopic (exact) mass is 284 g/mol. The van der Waals surface area contributed by atoms with Gasteiger partial charge in [0.05, 0.1) is 11.9 Å². The van der Waals surface area contributed by atoms with E-state index in [0.29, 0.717) is 6.54 Å². The Balaban J connectivity index is 1.89. The van der Waals surface area contributed by atoms with Crippen LogP contribution in [0.2, 0.25) is 0 Å². The lowest BCUT2D eigenvalue weighted by atomic mass is 9.90. The van der Waals surface area contributed by atoms with Gasteiger partial charge in [0, 0.05) is 19.7 Å². The molecule has 106 valence electrons. The summed E-state index contributed by atoms with van der Waals surface area (Å²) in [5.41, 5.74) is 7.27. The molecule has 0 aromatic heterocycles. The summed E-state index contributed by atoms with van der Waals surface area (Å²) < 4.78 is 31.8. The fraction of sp³-hybridized carbons (Fsp3) is 0.538. The first kappa shape index (κ1) is 14.5. The van der Waals surface area contributed by atoms with Gasteiger partial charge in [-0.25, -0.2) is 13.1 Å². The summed E-state index contributed by atoms with van der Waals surface area (Å²) in [5, 5.41) is 0. The van der Waals surface area contributed by atoms with Gasteiger partial charge in [-0.3, -0.25) is 0 Å². The Kier molecular flexibility index (Phi) is 4.57. The zero-order valence-corrected chi connectivity index (χ0v) is 11.8. The minimum absolute atomic E-state index is 0.00595. The first-order valence-corrected chi connectivity index (χ1v) is 7.98. The third-order valence-electron chi connectivity index (χ3n) is 3.39. The van der Waals surface area contributed by atoms with E-state index < -0.39 is 10.0 Å². The first-order chi connectivity index (χ1) is 9.02. The van der Waals surface area contributed by atoms with Gasteiger partial charge in [0.2, 0.25) is 10.0 Å². The molecular weight excluding hydrogens is 264 g/mol. The molecule has 0 atom stereocenters. The van der Waals surface area contributed by atoms with E-state index in [-0.39, 0.29) is 17.9 Å². The Hall–Kier alpha value is -0.950. The van der Waals surface area contributed by atoms with Gasteiger partial charge >= 0.3 is 0 Å². The summed E-state index contributed by atoms with van der Waals surface area (Å²) in [6, 6.07) is 7.34. The van der Waals surface area contributed by atoms with Gasteiger partial charge in [-0.05, 0) is 24.0 Å². The van der Waals surface area contributed by atoms with Crippen molar-refractivity contribution in [1.29, 1.82) is 0 Å². The van der Waals surface area contributed by atoms with E-state index in [2.05, 4.69) is 4.72 Å². The van der Waals surface area contributed by atoms with Crippen molar-refractivity contribution in [3.63, 3.8) is 0 Å². The van der Waals surface area contributed by atoms with E-state index >= 15 is 0 Å². The predicted octanol–water partition coefficient (Wildman–Crippen LogP) is 0.742. The van der Waals surface area contributed by atoms with E-state index in [4.69, 9.17) is 10.5 Å². The average Bonchev–Trinajstić information content (AvgIpc) is 2.34. The molecule has 5 nitrogen and oxygen atoms in total. The lowest BCUT2D eigenvalue weighted by Crippen LogP contribution is -2.47. The lowest BCUT2D eigenvalue weighted by Gasteiger charge is -2.34. The maximum Gasteiger partial charge on any atom is 0.216 e. The largest absolute Gasteiger partial charge is 0.381 e. The third-order valence-corrected chi connectivity index (χ3v) is 4.80. The Labute approximate surface area is 114 Å². The van der Waals surface area contributed by atoms with Crippen LogP contribution in [-0.4, -0.2) is 27.7 Å². The molecule has 0 saturated heterocycles. The summed E-state index contributed by atoms with van der Waals surface area (Å²) in [4.78, 5) is 0. The van der Waals surface area contributed by atoms with Gasteiger partial charge in [0.1, 0.15) is 0 Å². The molecule has 0 radical (unpaired) electrons. The maximum atomic E-state index is 12.0. The number of hydrogen-bond donors (Lipinski definition) is 2. The van der Waals surface area contributed by atoms with Crippen LogP contribution in [0.5, 0.6) is 0 Å². The first-order valence-electron chi connectivity index (χ1n) is 6.33. The van der Waals surface area contributed by atoms with Crippen molar-refractivity contribution in [1.82, 2.24) is 4.72 Å². The second-order valence-electron chi connectivity index (χ2n) is 4.92. The summed E-state index contributed by atoms with van der Waals surface area (Å²) in [5.74, 6) is 0.00595. The van der Waals surface area contributed by atoms with Gasteiger partial charge in [-0.1, -0.05) is 24.3 Å². The fourth-order valence-corrected chi connectivity index (χ4v) is 3.56. The van der Waals surface area contributed by atoms with Crippen LogP contribution in [0.3, 0.4) is 0 Å². The van der Waals surface area contributed by atoms with Crippen LogP contribution in [0, 0.1) is 0 Å². The van der Waals surface area contributed by atoms with E-state index in [1.165, 1.54) is 0 Å². The minimum atomic E-state index is -3.28. The van der Waals surface area contributed by atoms with E-state index in [1.54, 1.807) is 19.2 Å². The van der Waals surface area contributed by atoms with Gasteiger partial charge < -0.3 is 10.5 Å². The smallest absolute Gasteiger partial charge is 0.216 e. The molecule has 1 aliphatic carbocycles. The van der Waals surface area contributed by atoms with Crippen LogP contribution >= 0.6 is 0 Å². The maximum absolute atomic E-state index is 12.0. The van der Waals surface area contributed by atoms with Gasteiger partial charge in [0.15, 0.2) is 0 Å². The molecule has 0 bridgehead atoms. The highest BCUT2D eigenvalue weighted by atomic mass is 32.2. The molecule has 0 aliphatic heterocycles. The SMILES string of the molecule is COC1CC(NS(=O)(=O)Cc2ccc(CN)cc2)C1. The molecule has 1 aromatic rings. The summed E-state index contributed by atoms with van der Waals surface area (Å²) >= 11 is 0. The van der Waals surface area contributed by atoms with Crippen LogP contribution in [0.4, 0.5) is 0 Å². The van der Waals surface area contributed by atoms with E-state index in [1.807, 2.05) is 12.1 Å². The summed E-state index contributed by atoms with van der Waals surface area (Å²) in [7, 11) is -1.64. The predicted molar refractivity (Wildman–Crippen MR) is 73.9 cm³/mol. The summed E-state index contributed by atoms with van der Waals surface area (Å²) in [6.45, 7) is 0.464. The van der Waals surface area contributed by atoms with Gasteiger partial charge in [-0.2, -0.15) is 0 Å². The topological polar surface area (TPSA) is 81.4 Å². The highest BCUT2D eigenvalue weighted by molar-refractivity contribution is 7.88. The molecule has 2 rings (SSSR count). The van der Waals surface area contributed by atoms with Crippen LogP contribution in [0.25, 0.3) is 0 Å². The molecule has 0 spiro atoms. The number of ether oxygens (including phenoxy) is 1. The van der Waals surface area contributed by atoms with Crippen molar-refractivity contribution in [2.75, 3.05) is 7.11 Å². The second kappa shape index (κ2) is 6.00. The minimum Gasteiger partial charge on any atom is -0.381 e. The molecule has 0 heterocycles. The molecular formula is C13H20N2O3S. The molecule has 3 N–H and O–H groups in total. The molecule has 6 heteroatoms. The van der Waals surface area contributed by atoms with Crippen molar-refractivity contribution in [3.05, 3.63) is 35.4 Å². The Morgan fingerprint density at radius 2 is 1.84 bits per heavy atom. The van der Waals surface area contributed by atoms with Crippen molar-refractivity contribution in [2.24, 2.45) is 5.73 Å². The Morgan fingerprint density at radius 3 is 2.37 bits per heavy atom. The molecule has 0 unspecified atom stereocenters. The molecule has 1 aliphatic rings. The van der Waals surface area contributed by atoms with Crippen LogP contribution in [-0.2, 0) is 27.1 Å². The van der Waals surface area contributed by atoms with Crippen molar-refractivity contribution in [2.45, 2.75) is 37.3 Å². The van der Waals surface area contributed by atoms with Crippen LogP contribution in [0.15, 0.2) is 24.3 Å². The van der Waals surface area contributed by atoms with Crippen molar-refractivity contribution < 1.29 is 13.2 Å². The average molecular weight is 284 g/mol. The Bertz CT molecular complexity index is 507. The number of methoxy groups -OCH3 is 1. The number of nitrogens with one attached hydrogen (secondary N) is 1. The highest BCUT2D eigenvalue weighted by Gasteiger charge is 2.32. The zero-order valence-electron chi connectivity index (χ0n) is 11.0. The normalized spacial score (nSPS) is 23.1. The van der Waals surface area contributed by atoms with Crippen molar-refractivity contribution >= 4 is 10.0 Å². The molecule has 1 aromatic carbocycles. The lowest BCUT2D eigenvalue weighted by molar-refractivity contribution is 0.0236. The summed E-state index contributed by atoms with van der Waals surface area (Å²) in [6.07, 6.45) is 1.69. The number of rotatable bonds is 6. The Morgan fingerprint density at radius 1 is 1.26 bits per heavy atom. The van der Waals surface area contributed by atoms with E-state index in [9.17, 15) is 8.42 Å². The number of hydrogen-bond acceptors (Lipinski definition) is 4. The van der Waals surface area contributed by atoms with Crippen molar-refractivity contribution in [3.8, 4) is 0 Å². The molecule has 19 heavy (non-hydrogen) atoms. The number of nitrogens with two attached hydrogens (primary N) is 1. The zero-order chi connectivity index (χ0) is 13.9. The van der Waals surface area contributed by atoms with Gasteiger partial charge in [-0.15, -0.1) is 0 Å². The molecule has 1 fully saturated rings. The second-order valence-corrected chi connectivity index (χ2v) is 6.68.